The minimum Gasteiger partial charge on any atom is -0.384 e. The van der Waals surface area contributed by atoms with Gasteiger partial charge in [-0.05, 0) is 12.0 Å². The lowest BCUT2D eigenvalue weighted by Crippen LogP contribution is -2.18. The van der Waals surface area contributed by atoms with Crippen molar-refractivity contribution in [2.45, 2.75) is 13.1 Å². The molecule has 0 fully saturated rings. The van der Waals surface area contributed by atoms with Crippen molar-refractivity contribution in [2.75, 3.05) is 25.6 Å². The molecule has 0 aromatic carbocycles. The fourth-order valence-corrected chi connectivity index (χ4v) is 1.21. The molecule has 1 atom stereocenters. The van der Waals surface area contributed by atoms with E-state index in [0.717, 1.165) is 12.3 Å². The maximum Gasteiger partial charge on any atom is 0.433 e. The second-order valence-corrected chi connectivity index (χ2v) is 3.70. The summed E-state index contributed by atoms with van der Waals surface area (Å²) in [5, 5.41) is 2.74. The molecule has 96 valence electrons. The molecule has 0 spiro atoms. The van der Waals surface area contributed by atoms with Gasteiger partial charge in [0, 0.05) is 19.9 Å². The fourth-order valence-electron chi connectivity index (χ4n) is 1.21. The van der Waals surface area contributed by atoms with Crippen LogP contribution in [0.15, 0.2) is 12.3 Å². The van der Waals surface area contributed by atoms with E-state index in [4.69, 9.17) is 4.74 Å². The van der Waals surface area contributed by atoms with Gasteiger partial charge in [-0.2, -0.15) is 13.2 Å². The highest BCUT2D eigenvalue weighted by atomic mass is 19.4. The lowest BCUT2D eigenvalue weighted by atomic mass is 10.2. The molecular weight excluding hydrogens is 235 g/mol. The lowest BCUT2D eigenvalue weighted by Gasteiger charge is -2.12. The van der Waals surface area contributed by atoms with E-state index in [1.807, 2.05) is 6.92 Å². The number of methoxy groups -OCH3 is 1. The smallest absolute Gasteiger partial charge is 0.384 e. The predicted molar refractivity (Wildman–Crippen MR) is 56.6 cm³/mol. The summed E-state index contributed by atoms with van der Waals surface area (Å²) in [5.41, 5.74) is -0.950. The highest BCUT2D eigenvalue weighted by molar-refractivity contribution is 5.25. The monoisotopic (exact) mass is 249 g/mol. The molecule has 1 aromatic heterocycles. The number of nitrogens with one attached hydrogen (secondary N) is 1. The molecule has 0 saturated heterocycles. The second-order valence-electron chi connectivity index (χ2n) is 3.70. The summed E-state index contributed by atoms with van der Waals surface area (Å²) in [6.07, 6.45) is -3.36. The topological polar surface area (TPSA) is 47.0 Å². The first-order valence-corrected chi connectivity index (χ1v) is 5.06. The molecule has 4 nitrogen and oxygen atoms in total. The van der Waals surface area contributed by atoms with Crippen molar-refractivity contribution in [3.63, 3.8) is 0 Å². The predicted octanol–water partition coefficient (Wildman–Crippen LogP) is 2.19. The van der Waals surface area contributed by atoms with E-state index >= 15 is 0 Å². The Labute approximate surface area is 97.2 Å². The van der Waals surface area contributed by atoms with Gasteiger partial charge in [-0.3, -0.25) is 0 Å². The van der Waals surface area contributed by atoms with Crippen LogP contribution in [0.3, 0.4) is 0 Å². The van der Waals surface area contributed by atoms with Gasteiger partial charge in [0.05, 0.1) is 6.61 Å². The molecule has 0 saturated carbocycles. The van der Waals surface area contributed by atoms with Gasteiger partial charge in [-0.15, -0.1) is 0 Å². The highest BCUT2D eigenvalue weighted by Crippen LogP contribution is 2.27. The minimum absolute atomic E-state index is 0.0252. The van der Waals surface area contributed by atoms with E-state index in [1.165, 1.54) is 0 Å². The Morgan fingerprint density at radius 3 is 2.76 bits per heavy atom. The number of nitrogens with zero attached hydrogens (tertiary/aromatic N) is 2. The van der Waals surface area contributed by atoms with Gasteiger partial charge in [0.1, 0.15) is 5.69 Å². The van der Waals surface area contributed by atoms with Gasteiger partial charge < -0.3 is 10.1 Å². The summed E-state index contributed by atoms with van der Waals surface area (Å²) in [7, 11) is 1.57. The van der Waals surface area contributed by atoms with Crippen LogP contribution >= 0.6 is 0 Å². The molecule has 0 aliphatic rings. The molecule has 1 aromatic rings. The minimum atomic E-state index is -4.45. The van der Waals surface area contributed by atoms with Crippen molar-refractivity contribution in [3.8, 4) is 0 Å². The molecule has 0 aliphatic carbocycles. The molecular formula is C10H14F3N3O. The zero-order chi connectivity index (χ0) is 12.9. The summed E-state index contributed by atoms with van der Waals surface area (Å²) in [6, 6.07) is 0.837. The van der Waals surface area contributed by atoms with Crippen LogP contribution in [-0.4, -0.2) is 30.2 Å². The lowest BCUT2D eigenvalue weighted by molar-refractivity contribution is -0.141. The van der Waals surface area contributed by atoms with Gasteiger partial charge in [0.25, 0.3) is 0 Å². The van der Waals surface area contributed by atoms with Gasteiger partial charge in [0.2, 0.25) is 5.95 Å². The van der Waals surface area contributed by atoms with Crippen molar-refractivity contribution in [1.82, 2.24) is 9.97 Å². The molecule has 0 radical (unpaired) electrons. The van der Waals surface area contributed by atoms with Crippen molar-refractivity contribution in [3.05, 3.63) is 18.0 Å². The van der Waals surface area contributed by atoms with E-state index in [0.29, 0.717) is 13.2 Å². The van der Waals surface area contributed by atoms with E-state index in [2.05, 4.69) is 15.3 Å². The third-order valence-electron chi connectivity index (χ3n) is 2.01. The largest absolute Gasteiger partial charge is 0.433 e. The molecule has 1 heterocycles. The maximum absolute atomic E-state index is 12.3. The zero-order valence-electron chi connectivity index (χ0n) is 9.58. The second kappa shape index (κ2) is 5.81. The van der Waals surface area contributed by atoms with Gasteiger partial charge in [-0.25, -0.2) is 9.97 Å². The Morgan fingerprint density at radius 2 is 2.18 bits per heavy atom. The van der Waals surface area contributed by atoms with Gasteiger partial charge in [0.15, 0.2) is 0 Å². The van der Waals surface area contributed by atoms with Crippen molar-refractivity contribution < 1.29 is 17.9 Å². The van der Waals surface area contributed by atoms with Crippen LogP contribution in [0, 0.1) is 5.92 Å². The average molecular weight is 249 g/mol. The van der Waals surface area contributed by atoms with Crippen LogP contribution in [0.25, 0.3) is 0 Å². The number of hydrogen-bond acceptors (Lipinski definition) is 4. The molecule has 7 heteroatoms. The molecule has 1 N–H and O–H groups in total. The number of aromatic nitrogens is 2. The van der Waals surface area contributed by atoms with Crippen LogP contribution in [0.4, 0.5) is 19.1 Å². The molecule has 0 aliphatic heterocycles. The van der Waals surface area contributed by atoms with E-state index in [-0.39, 0.29) is 11.9 Å². The van der Waals surface area contributed by atoms with Crippen molar-refractivity contribution in [1.29, 1.82) is 0 Å². The summed E-state index contributed by atoms with van der Waals surface area (Å²) in [4.78, 5) is 7.11. The zero-order valence-corrected chi connectivity index (χ0v) is 9.58. The maximum atomic E-state index is 12.3. The van der Waals surface area contributed by atoms with E-state index in [1.54, 1.807) is 7.11 Å². The van der Waals surface area contributed by atoms with Crippen LogP contribution in [0.1, 0.15) is 12.6 Å². The quantitative estimate of drug-likeness (QED) is 0.869. The number of halogens is 3. The summed E-state index contributed by atoms with van der Waals surface area (Å²) in [5.74, 6) is 0.140. The average Bonchev–Trinajstić information content (AvgIpc) is 2.26. The van der Waals surface area contributed by atoms with Crippen LogP contribution in [0.2, 0.25) is 0 Å². The third kappa shape index (κ3) is 4.56. The van der Waals surface area contributed by atoms with Crippen LogP contribution < -0.4 is 5.32 Å². The van der Waals surface area contributed by atoms with Crippen LogP contribution in [0.5, 0.6) is 0 Å². The SMILES string of the molecule is COCC(C)CNc1nccc(C(F)(F)F)n1. The van der Waals surface area contributed by atoms with Gasteiger partial charge >= 0.3 is 6.18 Å². The Morgan fingerprint density at radius 1 is 1.47 bits per heavy atom. The van der Waals surface area contributed by atoms with E-state index in [9.17, 15) is 13.2 Å². The number of anilines is 1. The highest BCUT2D eigenvalue weighted by Gasteiger charge is 2.32. The van der Waals surface area contributed by atoms with Crippen molar-refractivity contribution >= 4 is 5.95 Å². The third-order valence-corrected chi connectivity index (χ3v) is 2.01. The summed E-state index contributed by atoms with van der Waals surface area (Å²) >= 11 is 0. The van der Waals surface area contributed by atoms with Crippen molar-refractivity contribution in [2.24, 2.45) is 5.92 Å². The van der Waals surface area contributed by atoms with E-state index < -0.39 is 11.9 Å². The molecule has 17 heavy (non-hydrogen) atoms. The first-order chi connectivity index (χ1) is 7.93. The Hall–Kier alpha value is -1.37. The fraction of sp³-hybridized carbons (Fsp3) is 0.600. The number of alkyl halides is 3. The number of ether oxygens (including phenoxy) is 1. The van der Waals surface area contributed by atoms with Crippen LogP contribution in [-0.2, 0) is 10.9 Å². The first kappa shape index (κ1) is 13.7. The molecule has 1 rings (SSSR count). The molecule has 0 bridgehead atoms. The Kier molecular flexibility index (Phi) is 4.68. The number of hydrogen-bond donors (Lipinski definition) is 1. The standard InChI is InChI=1S/C10H14F3N3O/c1-7(6-17-2)5-15-9-14-4-3-8(16-9)10(11,12)13/h3-4,7H,5-6H2,1-2H3,(H,14,15,16). The first-order valence-electron chi connectivity index (χ1n) is 5.06. The normalized spacial score (nSPS) is 13.5. The molecule has 0 amide bonds. The molecule has 1 unspecified atom stereocenters. The Bertz CT molecular complexity index is 357. The summed E-state index contributed by atoms with van der Waals surface area (Å²) in [6.45, 7) is 2.88. The Balaban J connectivity index is 2.60. The summed E-state index contributed by atoms with van der Waals surface area (Å²) < 4.78 is 42.0. The number of rotatable bonds is 5. The van der Waals surface area contributed by atoms with Gasteiger partial charge in [-0.1, -0.05) is 6.92 Å².